The number of hydrogen-bond donors (Lipinski definition) is 1. The molecule has 0 unspecified atom stereocenters. The molecule has 1 heterocycles. The first-order valence-corrected chi connectivity index (χ1v) is 9.39. The van der Waals surface area contributed by atoms with Crippen molar-refractivity contribution in [1.82, 2.24) is 4.90 Å². The lowest BCUT2D eigenvalue weighted by atomic mass is 10.1. The van der Waals surface area contributed by atoms with Crippen molar-refractivity contribution in [3.8, 4) is 0 Å². The molecule has 2 aromatic rings. The van der Waals surface area contributed by atoms with E-state index in [4.69, 9.17) is 0 Å². The molecule has 1 N–H and O–H groups in total. The Hall–Kier alpha value is -2.27. The summed E-state index contributed by atoms with van der Waals surface area (Å²) < 4.78 is 0. The van der Waals surface area contributed by atoms with Crippen LogP contribution in [-0.2, 0) is 11.2 Å². The summed E-state index contributed by atoms with van der Waals surface area (Å²) in [5, 5.41) is 2.79. The summed E-state index contributed by atoms with van der Waals surface area (Å²) in [6.45, 7) is 1.88. The number of nitrogens with zero attached hydrogens (tertiary/aromatic N) is 1. The molecule has 0 spiro atoms. The molecule has 2 aliphatic rings. The van der Waals surface area contributed by atoms with Gasteiger partial charge in [-0.3, -0.25) is 9.59 Å². The molecule has 0 saturated heterocycles. The number of carbonyl (C=O) groups excluding carboxylic acids is 2. The molecule has 4 rings (SSSR count). The molecule has 2 atom stereocenters. The molecule has 1 aliphatic heterocycles. The normalized spacial score (nSPS) is 21.3. The van der Waals surface area contributed by atoms with Crippen molar-refractivity contribution < 1.29 is 9.59 Å². The second kappa shape index (κ2) is 6.23. The zero-order valence-corrected chi connectivity index (χ0v) is 15.1. The van der Waals surface area contributed by atoms with Crippen LogP contribution in [-0.4, -0.2) is 29.0 Å². The minimum atomic E-state index is -0.105. The molecule has 0 saturated carbocycles. The van der Waals surface area contributed by atoms with Crippen molar-refractivity contribution in [3.63, 3.8) is 0 Å². The van der Waals surface area contributed by atoms with Gasteiger partial charge in [0.05, 0.1) is 17.0 Å². The van der Waals surface area contributed by atoms with E-state index in [0.717, 1.165) is 23.4 Å². The van der Waals surface area contributed by atoms with E-state index in [0.29, 0.717) is 5.56 Å². The van der Waals surface area contributed by atoms with Gasteiger partial charge in [-0.1, -0.05) is 24.3 Å². The van der Waals surface area contributed by atoms with Gasteiger partial charge in [-0.2, -0.15) is 0 Å². The quantitative estimate of drug-likeness (QED) is 0.892. The first-order valence-electron chi connectivity index (χ1n) is 8.51. The largest absolute Gasteiger partial charge is 0.335 e. The van der Waals surface area contributed by atoms with E-state index < -0.39 is 0 Å². The zero-order valence-electron chi connectivity index (χ0n) is 14.3. The summed E-state index contributed by atoms with van der Waals surface area (Å²) in [4.78, 5) is 27.7. The van der Waals surface area contributed by atoms with Gasteiger partial charge in [0.25, 0.3) is 5.91 Å². The second-order valence-electron chi connectivity index (χ2n) is 6.63. The van der Waals surface area contributed by atoms with Crippen LogP contribution in [0.2, 0.25) is 0 Å². The molecule has 4 nitrogen and oxygen atoms in total. The molecule has 0 aromatic heterocycles. The van der Waals surface area contributed by atoms with Gasteiger partial charge in [-0.05, 0) is 49.1 Å². The van der Waals surface area contributed by atoms with Crippen molar-refractivity contribution in [2.45, 2.75) is 36.0 Å². The van der Waals surface area contributed by atoms with E-state index in [2.05, 4.69) is 17.4 Å². The maximum absolute atomic E-state index is 13.0. The Kier molecular flexibility index (Phi) is 4.04. The Morgan fingerprint density at radius 2 is 2.04 bits per heavy atom. The first kappa shape index (κ1) is 16.2. The molecule has 128 valence electrons. The molecule has 0 bridgehead atoms. The summed E-state index contributed by atoms with van der Waals surface area (Å²) in [6.07, 6.45) is 1.96. The third kappa shape index (κ3) is 2.82. The molecule has 25 heavy (non-hydrogen) atoms. The van der Waals surface area contributed by atoms with Gasteiger partial charge in [-0.25, -0.2) is 0 Å². The number of nitrogens with one attached hydrogen (secondary N) is 1. The highest BCUT2D eigenvalue weighted by molar-refractivity contribution is 8.00. The minimum absolute atomic E-state index is 0.0117. The fourth-order valence-corrected chi connectivity index (χ4v) is 4.55. The van der Waals surface area contributed by atoms with Crippen LogP contribution >= 0.6 is 11.8 Å². The average Bonchev–Trinajstić information content (AvgIpc) is 3.05. The minimum Gasteiger partial charge on any atom is -0.335 e. The van der Waals surface area contributed by atoms with Gasteiger partial charge in [0.15, 0.2) is 0 Å². The molecule has 5 heteroatoms. The number of thioether (sulfide) groups is 1. The lowest BCUT2D eigenvalue weighted by Crippen LogP contribution is -2.31. The highest BCUT2D eigenvalue weighted by Crippen LogP contribution is 2.38. The SMILES string of the molecule is C[C@H]1Sc2ccc(C(=O)N(C)[C@H]3CCc4ccccc43)cc2NC1=O. The number of carbonyl (C=O) groups is 2. The van der Waals surface area contributed by atoms with Crippen LogP contribution in [0, 0.1) is 0 Å². The van der Waals surface area contributed by atoms with Crippen LogP contribution in [0.3, 0.4) is 0 Å². The van der Waals surface area contributed by atoms with Crippen molar-refractivity contribution in [2.75, 3.05) is 12.4 Å². The summed E-state index contributed by atoms with van der Waals surface area (Å²) >= 11 is 1.53. The predicted molar refractivity (Wildman–Crippen MR) is 100.0 cm³/mol. The summed E-state index contributed by atoms with van der Waals surface area (Å²) in [5.41, 5.74) is 3.92. The van der Waals surface area contributed by atoms with E-state index in [9.17, 15) is 9.59 Å². The average molecular weight is 352 g/mol. The molecular weight excluding hydrogens is 332 g/mol. The highest BCUT2D eigenvalue weighted by atomic mass is 32.2. The number of amides is 2. The van der Waals surface area contributed by atoms with Gasteiger partial charge in [0.1, 0.15) is 0 Å². The van der Waals surface area contributed by atoms with E-state index in [-0.39, 0.29) is 23.1 Å². The smallest absolute Gasteiger partial charge is 0.254 e. The monoisotopic (exact) mass is 352 g/mol. The molecule has 0 fully saturated rings. The third-order valence-electron chi connectivity index (χ3n) is 5.05. The predicted octanol–water partition coefficient (Wildman–Crippen LogP) is 3.88. The number of anilines is 1. The van der Waals surface area contributed by atoms with E-state index in [1.165, 1.54) is 22.9 Å². The Morgan fingerprint density at radius 3 is 2.88 bits per heavy atom. The topological polar surface area (TPSA) is 49.4 Å². The Bertz CT molecular complexity index is 865. The maximum atomic E-state index is 13.0. The number of rotatable bonds is 2. The van der Waals surface area contributed by atoms with Gasteiger partial charge in [0.2, 0.25) is 5.91 Å². The Labute approximate surface area is 151 Å². The van der Waals surface area contributed by atoms with Gasteiger partial charge in [0, 0.05) is 17.5 Å². The lowest BCUT2D eigenvalue weighted by molar-refractivity contribution is -0.115. The second-order valence-corrected chi connectivity index (χ2v) is 8.01. The van der Waals surface area contributed by atoms with Crippen LogP contribution in [0.15, 0.2) is 47.4 Å². The lowest BCUT2D eigenvalue weighted by Gasteiger charge is -2.27. The number of benzene rings is 2. The fraction of sp³-hybridized carbons (Fsp3) is 0.300. The fourth-order valence-electron chi connectivity index (χ4n) is 3.62. The van der Waals surface area contributed by atoms with E-state index in [1.54, 1.807) is 6.07 Å². The first-order chi connectivity index (χ1) is 12.0. The van der Waals surface area contributed by atoms with Crippen LogP contribution < -0.4 is 5.32 Å². The molecule has 2 amide bonds. The Balaban J connectivity index is 1.60. The van der Waals surface area contributed by atoms with Crippen LogP contribution in [0.4, 0.5) is 5.69 Å². The summed E-state index contributed by atoms with van der Waals surface area (Å²) in [5.74, 6) is -0.0254. The van der Waals surface area contributed by atoms with Crippen molar-refractivity contribution in [1.29, 1.82) is 0 Å². The molecule has 2 aromatic carbocycles. The van der Waals surface area contributed by atoms with Gasteiger partial charge >= 0.3 is 0 Å². The number of fused-ring (bicyclic) bond motifs is 2. The molecule has 1 aliphatic carbocycles. The maximum Gasteiger partial charge on any atom is 0.254 e. The highest BCUT2D eigenvalue weighted by Gasteiger charge is 2.30. The molecule has 0 radical (unpaired) electrons. The zero-order chi connectivity index (χ0) is 17.6. The standard InChI is InChI=1S/C20H20N2O2S/c1-12-19(23)21-16-11-14(8-10-18(16)25-12)20(24)22(2)17-9-7-13-5-3-4-6-15(13)17/h3-6,8,10-12,17H,7,9H2,1-2H3,(H,21,23)/t12-,17+/m1/s1. The van der Waals surface area contributed by atoms with E-state index >= 15 is 0 Å². The van der Waals surface area contributed by atoms with Crippen LogP contribution in [0.25, 0.3) is 0 Å². The van der Waals surface area contributed by atoms with E-state index in [1.807, 2.05) is 43.1 Å². The molecular formula is C20H20N2O2S. The third-order valence-corrected chi connectivity index (χ3v) is 6.22. The number of hydrogen-bond acceptors (Lipinski definition) is 3. The van der Waals surface area contributed by atoms with Gasteiger partial charge < -0.3 is 10.2 Å². The summed E-state index contributed by atoms with van der Waals surface area (Å²) in [6, 6.07) is 14.0. The Morgan fingerprint density at radius 1 is 1.24 bits per heavy atom. The van der Waals surface area contributed by atoms with Gasteiger partial charge in [-0.15, -0.1) is 11.8 Å². The number of aryl methyl sites for hydroxylation is 1. The van der Waals surface area contributed by atoms with Crippen LogP contribution in [0.1, 0.15) is 40.9 Å². The van der Waals surface area contributed by atoms with Crippen molar-refractivity contribution >= 4 is 29.3 Å². The summed E-state index contributed by atoms with van der Waals surface area (Å²) in [7, 11) is 1.87. The van der Waals surface area contributed by atoms with Crippen LogP contribution in [0.5, 0.6) is 0 Å². The van der Waals surface area contributed by atoms with Crippen molar-refractivity contribution in [2.24, 2.45) is 0 Å². The van der Waals surface area contributed by atoms with Crippen molar-refractivity contribution in [3.05, 3.63) is 59.2 Å².